The minimum Gasteiger partial charge on any atom is -0.331 e. The smallest absolute Gasteiger partial charge is 0.257 e. The van der Waals surface area contributed by atoms with Crippen molar-refractivity contribution >= 4 is 16.9 Å². The summed E-state index contributed by atoms with van der Waals surface area (Å²) in [6, 6.07) is 9.47. The standard InChI is InChI=1S/C28H36F2N4O/c1-4-12-34-26-11-8-21(18-32-13-6-5-7-14-32)15-25(26)31-27(34)19-33(17-20(2)3)28(35)23-16-22(29)9-10-24(23)30/h8-11,15-16,20H,4-7,12-14,17-19H2,1-3H3. The lowest BCUT2D eigenvalue weighted by Crippen LogP contribution is -2.35. The topological polar surface area (TPSA) is 41.4 Å². The van der Waals surface area contributed by atoms with E-state index >= 15 is 0 Å². The number of aromatic nitrogens is 2. The number of benzene rings is 2. The molecule has 0 spiro atoms. The van der Waals surface area contributed by atoms with Gasteiger partial charge >= 0.3 is 0 Å². The van der Waals surface area contributed by atoms with Gasteiger partial charge in [-0.1, -0.05) is 33.3 Å². The summed E-state index contributed by atoms with van der Waals surface area (Å²) >= 11 is 0. The number of amides is 1. The monoisotopic (exact) mass is 482 g/mol. The molecule has 0 saturated carbocycles. The van der Waals surface area contributed by atoms with Crippen molar-refractivity contribution in [3.8, 4) is 0 Å². The van der Waals surface area contributed by atoms with Crippen molar-refractivity contribution in [2.45, 2.75) is 66.1 Å². The Labute approximate surface area is 206 Å². The van der Waals surface area contributed by atoms with Gasteiger partial charge in [0, 0.05) is 19.6 Å². The van der Waals surface area contributed by atoms with Crippen molar-refractivity contribution in [1.82, 2.24) is 19.4 Å². The number of carbonyl (C=O) groups excluding carboxylic acids is 1. The van der Waals surface area contributed by atoms with Crippen LogP contribution in [0.4, 0.5) is 8.78 Å². The van der Waals surface area contributed by atoms with E-state index < -0.39 is 17.5 Å². The molecule has 3 aromatic rings. The van der Waals surface area contributed by atoms with Crippen molar-refractivity contribution in [1.29, 1.82) is 0 Å². The van der Waals surface area contributed by atoms with Crippen LogP contribution in [-0.4, -0.2) is 44.9 Å². The Hall–Kier alpha value is -2.80. The van der Waals surface area contributed by atoms with E-state index in [1.165, 1.54) is 24.8 Å². The molecule has 0 aliphatic carbocycles. The molecule has 2 aromatic carbocycles. The number of rotatable bonds is 9. The van der Waals surface area contributed by atoms with Gasteiger partial charge in [0.05, 0.1) is 23.1 Å². The first kappa shape index (κ1) is 25.3. The van der Waals surface area contributed by atoms with Crippen molar-refractivity contribution in [3.05, 3.63) is 65.0 Å². The highest BCUT2D eigenvalue weighted by atomic mass is 19.1. The molecule has 7 heteroatoms. The number of nitrogens with zero attached hydrogens (tertiary/aromatic N) is 4. The molecule has 1 fully saturated rings. The summed E-state index contributed by atoms with van der Waals surface area (Å²) in [6.45, 7) is 10.7. The van der Waals surface area contributed by atoms with Gasteiger partial charge in [-0.3, -0.25) is 9.69 Å². The maximum Gasteiger partial charge on any atom is 0.257 e. The molecule has 35 heavy (non-hydrogen) atoms. The summed E-state index contributed by atoms with van der Waals surface area (Å²) in [5, 5.41) is 0. The summed E-state index contributed by atoms with van der Waals surface area (Å²) in [6.07, 6.45) is 4.74. The molecule has 1 aromatic heterocycles. The maximum atomic E-state index is 14.4. The van der Waals surface area contributed by atoms with Gasteiger partial charge in [-0.15, -0.1) is 0 Å². The minimum atomic E-state index is -0.713. The van der Waals surface area contributed by atoms with Gasteiger partial charge in [0.1, 0.15) is 17.5 Å². The lowest BCUT2D eigenvalue weighted by molar-refractivity contribution is 0.0711. The van der Waals surface area contributed by atoms with E-state index in [1.807, 2.05) is 13.8 Å². The second kappa shape index (κ2) is 11.3. The molecular weight excluding hydrogens is 446 g/mol. The number of fused-ring (bicyclic) bond motifs is 1. The molecule has 1 aliphatic rings. The van der Waals surface area contributed by atoms with Crippen LogP contribution in [0, 0.1) is 17.6 Å². The fourth-order valence-electron chi connectivity index (χ4n) is 4.96. The van der Waals surface area contributed by atoms with Crippen LogP contribution >= 0.6 is 0 Å². The van der Waals surface area contributed by atoms with Gasteiger partial charge in [-0.25, -0.2) is 13.8 Å². The van der Waals surface area contributed by atoms with Gasteiger partial charge < -0.3 is 9.47 Å². The molecule has 1 saturated heterocycles. The predicted octanol–water partition coefficient (Wildman–Crippen LogP) is 6.01. The first-order valence-electron chi connectivity index (χ1n) is 12.8. The third-order valence-electron chi connectivity index (χ3n) is 6.56. The number of piperidine rings is 1. The van der Waals surface area contributed by atoms with E-state index in [0.29, 0.717) is 6.54 Å². The Bertz CT molecular complexity index is 1170. The van der Waals surface area contributed by atoms with Crippen LogP contribution in [0.2, 0.25) is 0 Å². The molecule has 0 N–H and O–H groups in total. The highest BCUT2D eigenvalue weighted by molar-refractivity contribution is 5.94. The van der Waals surface area contributed by atoms with Gasteiger partial charge in [0.15, 0.2) is 0 Å². The number of imidazole rings is 1. The first-order chi connectivity index (χ1) is 16.9. The molecule has 0 bridgehead atoms. The van der Waals surface area contributed by atoms with Gasteiger partial charge in [-0.05, 0) is 74.2 Å². The summed E-state index contributed by atoms with van der Waals surface area (Å²) in [5.41, 5.74) is 2.95. The lowest BCUT2D eigenvalue weighted by Gasteiger charge is -2.26. The summed E-state index contributed by atoms with van der Waals surface area (Å²) in [5.74, 6) is -0.927. The minimum absolute atomic E-state index is 0.163. The maximum absolute atomic E-state index is 14.4. The molecule has 0 atom stereocenters. The molecule has 2 heterocycles. The first-order valence-corrected chi connectivity index (χ1v) is 12.8. The quantitative estimate of drug-likeness (QED) is 0.375. The van der Waals surface area contributed by atoms with Crippen LogP contribution in [0.5, 0.6) is 0 Å². The van der Waals surface area contributed by atoms with E-state index in [1.54, 1.807) is 4.90 Å². The Morgan fingerprint density at radius 3 is 2.57 bits per heavy atom. The van der Waals surface area contributed by atoms with E-state index in [2.05, 4.69) is 34.6 Å². The van der Waals surface area contributed by atoms with Crippen molar-refractivity contribution < 1.29 is 13.6 Å². The number of carbonyl (C=O) groups is 1. The average molecular weight is 483 g/mol. The fraction of sp³-hybridized carbons (Fsp3) is 0.500. The second-order valence-electron chi connectivity index (χ2n) is 10.0. The zero-order valence-corrected chi connectivity index (χ0v) is 21.1. The van der Waals surface area contributed by atoms with Crippen LogP contribution < -0.4 is 0 Å². The lowest BCUT2D eigenvalue weighted by atomic mass is 10.1. The predicted molar refractivity (Wildman–Crippen MR) is 135 cm³/mol. The Balaban J connectivity index is 1.65. The van der Waals surface area contributed by atoms with Crippen molar-refractivity contribution in [3.63, 3.8) is 0 Å². The third-order valence-corrected chi connectivity index (χ3v) is 6.56. The zero-order chi connectivity index (χ0) is 24.9. The summed E-state index contributed by atoms with van der Waals surface area (Å²) in [7, 11) is 0. The van der Waals surface area contributed by atoms with Crippen LogP contribution in [0.25, 0.3) is 11.0 Å². The van der Waals surface area contributed by atoms with Crippen LogP contribution in [0.15, 0.2) is 36.4 Å². The number of likely N-dealkylation sites (tertiary alicyclic amines) is 1. The van der Waals surface area contributed by atoms with E-state index in [-0.39, 0.29) is 18.0 Å². The van der Waals surface area contributed by atoms with E-state index in [9.17, 15) is 13.6 Å². The van der Waals surface area contributed by atoms with E-state index in [0.717, 1.165) is 67.7 Å². The molecular formula is C28H36F2N4O. The molecule has 5 nitrogen and oxygen atoms in total. The highest BCUT2D eigenvalue weighted by Crippen LogP contribution is 2.23. The van der Waals surface area contributed by atoms with Crippen LogP contribution in [-0.2, 0) is 19.6 Å². The molecule has 4 rings (SSSR count). The van der Waals surface area contributed by atoms with E-state index in [4.69, 9.17) is 4.98 Å². The molecule has 1 aliphatic heterocycles. The zero-order valence-electron chi connectivity index (χ0n) is 21.1. The van der Waals surface area contributed by atoms with Gasteiger partial charge in [0.25, 0.3) is 5.91 Å². The number of hydrogen-bond donors (Lipinski definition) is 0. The van der Waals surface area contributed by atoms with Crippen LogP contribution in [0.3, 0.4) is 0 Å². The normalized spacial score (nSPS) is 14.7. The summed E-state index contributed by atoms with van der Waals surface area (Å²) in [4.78, 5) is 22.3. The Kier molecular flexibility index (Phi) is 8.16. The highest BCUT2D eigenvalue weighted by Gasteiger charge is 2.24. The number of aryl methyl sites for hydroxylation is 1. The number of halogens is 2. The third kappa shape index (κ3) is 6.07. The average Bonchev–Trinajstić information content (AvgIpc) is 3.16. The second-order valence-corrected chi connectivity index (χ2v) is 10.0. The van der Waals surface area contributed by atoms with Crippen molar-refractivity contribution in [2.24, 2.45) is 5.92 Å². The molecule has 1 amide bonds. The number of hydrogen-bond acceptors (Lipinski definition) is 3. The Morgan fingerprint density at radius 2 is 1.86 bits per heavy atom. The Morgan fingerprint density at radius 1 is 1.09 bits per heavy atom. The molecule has 0 radical (unpaired) electrons. The molecule has 0 unspecified atom stereocenters. The van der Waals surface area contributed by atoms with Gasteiger partial charge in [0.2, 0.25) is 0 Å². The van der Waals surface area contributed by atoms with Crippen LogP contribution in [0.1, 0.15) is 68.2 Å². The summed E-state index contributed by atoms with van der Waals surface area (Å²) < 4.78 is 30.4. The fourth-order valence-corrected chi connectivity index (χ4v) is 4.96. The van der Waals surface area contributed by atoms with Gasteiger partial charge in [-0.2, -0.15) is 0 Å². The largest absolute Gasteiger partial charge is 0.331 e. The van der Waals surface area contributed by atoms with Crippen molar-refractivity contribution in [2.75, 3.05) is 19.6 Å². The molecule has 188 valence electrons. The SMILES string of the molecule is CCCn1c(CN(CC(C)C)C(=O)c2cc(F)ccc2F)nc2cc(CN3CCCCC3)ccc21.